The molecule has 4 aromatic carbocycles. The first-order valence-corrected chi connectivity index (χ1v) is 17.3. The summed E-state index contributed by atoms with van der Waals surface area (Å²) in [6.07, 6.45) is 0. The minimum Gasteiger partial charge on any atom is -0.577 e. The first-order chi connectivity index (χ1) is 21.9. The van der Waals surface area contributed by atoms with Crippen LogP contribution in [0.5, 0.6) is 17.2 Å². The molecule has 0 saturated carbocycles. The summed E-state index contributed by atoms with van der Waals surface area (Å²) in [4.78, 5) is 9.87. The highest BCUT2D eigenvalue weighted by Crippen LogP contribution is 2.37. The predicted octanol–water partition coefficient (Wildman–Crippen LogP) is 10.2. The van der Waals surface area contributed by atoms with Crippen LogP contribution >= 0.6 is 0 Å². The van der Waals surface area contributed by atoms with E-state index in [1.807, 2.05) is 56.3 Å². The quantitative estimate of drug-likeness (QED) is 0.166. The summed E-state index contributed by atoms with van der Waals surface area (Å²) < 4.78 is 20.1. The van der Waals surface area contributed by atoms with Crippen molar-refractivity contribution in [2.24, 2.45) is 0 Å². The van der Waals surface area contributed by atoms with Crippen LogP contribution in [0.15, 0.2) is 103 Å². The highest BCUT2D eigenvalue weighted by molar-refractivity contribution is 6.40. The summed E-state index contributed by atoms with van der Waals surface area (Å²) in [7, 11) is 0. The molecule has 0 aliphatic heterocycles. The standard InChI is InChI=1S/2C14H17NO.C12H10O.Al/c2*1-9-5-6-10-11(14(2,3)4)7-8-12(16)13(10)15-9;13-12-8-6-11(7-9-12)10-4-2-1-3-5-10;/h2*5-8,16H,1-4H3;1-9,13H;/q;;;+3/p-3. The lowest BCUT2D eigenvalue weighted by Gasteiger charge is -2.24. The Morgan fingerprint density at radius 1 is 0.478 bits per heavy atom. The third kappa shape index (κ3) is 6.75. The Morgan fingerprint density at radius 2 is 0.935 bits per heavy atom. The van der Waals surface area contributed by atoms with E-state index in [1.165, 1.54) is 11.1 Å². The fraction of sp³-hybridized carbons (Fsp3) is 0.250. The van der Waals surface area contributed by atoms with Gasteiger partial charge in [-0.2, -0.15) is 0 Å². The van der Waals surface area contributed by atoms with Crippen LogP contribution in [-0.4, -0.2) is 25.1 Å². The fourth-order valence-electron chi connectivity index (χ4n) is 5.82. The van der Waals surface area contributed by atoms with E-state index in [1.54, 1.807) is 0 Å². The SMILES string of the molecule is Cc1ccc2c(C(C)(C)C)ccc([O][Al]([O]c3ccc(-c4ccccc4)cc3)[O]c3ccc(C(C)(C)C)c4ccc(C)nc34)c2n1. The van der Waals surface area contributed by atoms with Gasteiger partial charge in [0.1, 0.15) is 22.5 Å². The topological polar surface area (TPSA) is 53.5 Å². The molecule has 6 aromatic rings. The molecule has 0 bridgehead atoms. The van der Waals surface area contributed by atoms with Gasteiger partial charge < -0.3 is 11.4 Å². The lowest BCUT2D eigenvalue weighted by Crippen LogP contribution is -2.37. The summed E-state index contributed by atoms with van der Waals surface area (Å²) in [5.74, 6) is 1.96. The van der Waals surface area contributed by atoms with Gasteiger partial charge in [-0.3, -0.25) is 0 Å². The number of aromatic nitrogens is 2. The Labute approximate surface area is 277 Å². The summed E-state index contributed by atoms with van der Waals surface area (Å²) in [5, 5.41) is 2.13. The van der Waals surface area contributed by atoms with Gasteiger partial charge in [0, 0.05) is 22.2 Å². The maximum absolute atomic E-state index is 6.75. The fourth-order valence-corrected chi connectivity index (χ4v) is 7.14. The Hall–Kier alpha value is -4.37. The van der Waals surface area contributed by atoms with Crippen molar-refractivity contribution in [2.45, 2.75) is 66.2 Å². The Kier molecular flexibility index (Phi) is 8.55. The van der Waals surface area contributed by atoms with Crippen LogP contribution in [0.3, 0.4) is 0 Å². The van der Waals surface area contributed by atoms with Crippen LogP contribution < -0.4 is 11.4 Å². The van der Waals surface area contributed by atoms with Crippen molar-refractivity contribution < 1.29 is 11.4 Å². The summed E-state index contributed by atoms with van der Waals surface area (Å²) >= 11 is -2.95. The first kappa shape index (κ1) is 31.6. The van der Waals surface area contributed by atoms with Crippen LogP contribution in [0, 0.1) is 13.8 Å². The van der Waals surface area contributed by atoms with Crippen molar-refractivity contribution in [3.05, 3.63) is 126 Å². The van der Waals surface area contributed by atoms with Crippen molar-refractivity contribution in [1.29, 1.82) is 0 Å². The molecule has 0 aliphatic rings. The van der Waals surface area contributed by atoms with Crippen molar-refractivity contribution in [3.8, 4) is 28.4 Å². The lowest BCUT2D eigenvalue weighted by atomic mass is 9.84. The highest BCUT2D eigenvalue weighted by atomic mass is 27.3. The largest absolute Gasteiger partial charge is 1.20 e. The zero-order chi connectivity index (χ0) is 32.6. The summed E-state index contributed by atoms with van der Waals surface area (Å²) in [6.45, 7) is 17.3. The summed E-state index contributed by atoms with van der Waals surface area (Å²) in [6, 6.07) is 35.0. The Balaban J connectivity index is 1.43. The second-order valence-corrected chi connectivity index (χ2v) is 15.2. The maximum atomic E-state index is 6.75. The molecule has 0 radical (unpaired) electrons. The molecule has 0 atom stereocenters. The molecule has 0 saturated heterocycles. The zero-order valence-electron chi connectivity index (χ0n) is 28.0. The van der Waals surface area contributed by atoms with Gasteiger partial charge in [-0.05, 0) is 83.3 Å². The van der Waals surface area contributed by atoms with Crippen LogP contribution in [0.1, 0.15) is 64.1 Å². The van der Waals surface area contributed by atoms with Crippen LogP contribution in [0.4, 0.5) is 0 Å². The third-order valence-electron chi connectivity index (χ3n) is 8.17. The van der Waals surface area contributed by atoms with Gasteiger partial charge in [-0.15, -0.1) is 0 Å². The van der Waals surface area contributed by atoms with E-state index in [-0.39, 0.29) is 10.8 Å². The Morgan fingerprint density at radius 3 is 1.39 bits per heavy atom. The van der Waals surface area contributed by atoms with Gasteiger partial charge in [0.15, 0.2) is 0 Å². The molecular formula is C40H41AlN2O3. The molecule has 6 rings (SSSR count). The van der Waals surface area contributed by atoms with Gasteiger partial charge in [-0.25, -0.2) is 9.97 Å². The highest BCUT2D eigenvalue weighted by Gasteiger charge is 2.45. The molecule has 0 spiro atoms. The number of hydrogen-bond acceptors (Lipinski definition) is 5. The molecule has 2 heterocycles. The lowest BCUT2D eigenvalue weighted by molar-refractivity contribution is 0.309. The second kappa shape index (κ2) is 12.4. The van der Waals surface area contributed by atoms with Crippen LogP contribution in [0.2, 0.25) is 0 Å². The molecule has 0 amide bonds. The third-order valence-corrected chi connectivity index (χ3v) is 9.53. The molecule has 232 valence electrons. The van der Waals surface area contributed by atoms with E-state index >= 15 is 0 Å². The number of pyridine rings is 2. The van der Waals surface area contributed by atoms with Crippen LogP contribution in [-0.2, 0) is 10.8 Å². The van der Waals surface area contributed by atoms with E-state index in [4.69, 9.17) is 21.3 Å². The minimum atomic E-state index is -2.95. The second-order valence-electron chi connectivity index (χ2n) is 14.0. The van der Waals surface area contributed by atoms with Crippen molar-refractivity contribution in [1.82, 2.24) is 9.97 Å². The van der Waals surface area contributed by atoms with Crippen LogP contribution in [0.25, 0.3) is 32.9 Å². The number of fused-ring (bicyclic) bond motifs is 2. The van der Waals surface area contributed by atoms with Gasteiger partial charge in [0.25, 0.3) is 0 Å². The van der Waals surface area contributed by atoms with Gasteiger partial charge in [0.2, 0.25) is 0 Å². The van der Waals surface area contributed by atoms with Gasteiger partial charge >= 0.3 is 15.1 Å². The molecule has 0 N–H and O–H groups in total. The normalized spacial score (nSPS) is 11.9. The zero-order valence-corrected chi connectivity index (χ0v) is 29.2. The predicted molar refractivity (Wildman–Crippen MR) is 190 cm³/mol. The van der Waals surface area contributed by atoms with E-state index in [2.05, 4.69) is 102 Å². The smallest absolute Gasteiger partial charge is 0.577 e. The average molecular weight is 625 g/mol. The number of aryl methyl sites for hydroxylation is 2. The molecular weight excluding hydrogens is 583 g/mol. The van der Waals surface area contributed by atoms with Crippen molar-refractivity contribution in [3.63, 3.8) is 0 Å². The molecule has 6 heteroatoms. The van der Waals surface area contributed by atoms with E-state index < -0.39 is 15.1 Å². The minimum absolute atomic E-state index is 0.0602. The number of nitrogens with zero attached hydrogens (tertiary/aromatic N) is 2. The molecule has 0 aliphatic carbocycles. The molecule has 46 heavy (non-hydrogen) atoms. The average Bonchev–Trinajstić information content (AvgIpc) is 3.01. The first-order valence-electron chi connectivity index (χ1n) is 15.8. The van der Waals surface area contributed by atoms with E-state index in [9.17, 15) is 0 Å². The number of benzene rings is 4. The monoisotopic (exact) mass is 624 g/mol. The van der Waals surface area contributed by atoms with Crippen molar-refractivity contribution in [2.75, 3.05) is 0 Å². The maximum Gasteiger partial charge on any atom is 1.20 e. The number of hydrogen-bond donors (Lipinski definition) is 0. The van der Waals surface area contributed by atoms with E-state index in [0.717, 1.165) is 44.3 Å². The van der Waals surface area contributed by atoms with Gasteiger partial charge in [-0.1, -0.05) is 108 Å². The van der Waals surface area contributed by atoms with E-state index in [0.29, 0.717) is 17.2 Å². The number of rotatable bonds is 7. The molecule has 0 unspecified atom stereocenters. The molecule has 0 fully saturated rings. The molecule has 2 aromatic heterocycles. The van der Waals surface area contributed by atoms with Gasteiger partial charge in [0.05, 0.1) is 5.75 Å². The summed E-state index contributed by atoms with van der Waals surface area (Å²) in [5.41, 5.74) is 8.01. The molecule has 5 nitrogen and oxygen atoms in total. The van der Waals surface area contributed by atoms with Crippen molar-refractivity contribution >= 4 is 37.0 Å². The Bertz CT molecular complexity index is 1910.